The number of hydrogen-bond acceptors (Lipinski definition) is 4. The number of rotatable bonds is 4. The molecule has 0 aliphatic heterocycles. The number of carbonyl (C=O) groups is 1. The zero-order chi connectivity index (χ0) is 20.6. The highest BCUT2D eigenvalue weighted by Crippen LogP contribution is 2.35. The third-order valence-corrected chi connectivity index (χ3v) is 5.09. The molecule has 0 saturated carbocycles. The van der Waals surface area contributed by atoms with Gasteiger partial charge in [0.1, 0.15) is 6.54 Å². The molecule has 28 heavy (non-hydrogen) atoms. The van der Waals surface area contributed by atoms with Crippen LogP contribution in [0.25, 0.3) is 21.8 Å². The SMILES string of the molecule is CCOC(=O)Cn1c2cc(C(C)(C)C)ccc2c(=O)c2ccc(Cl)c(OC)c21. The second-order valence-corrected chi connectivity index (χ2v) is 8.09. The van der Waals surface area contributed by atoms with Crippen LogP contribution >= 0.6 is 11.6 Å². The van der Waals surface area contributed by atoms with Gasteiger partial charge in [-0.25, -0.2) is 0 Å². The summed E-state index contributed by atoms with van der Waals surface area (Å²) in [6.07, 6.45) is 0. The van der Waals surface area contributed by atoms with E-state index in [9.17, 15) is 9.59 Å². The molecule has 0 spiro atoms. The second-order valence-electron chi connectivity index (χ2n) is 7.68. The standard InChI is InChI=1S/C22H24ClNO4/c1-6-28-18(25)12-24-17-11-13(22(2,3)4)7-8-14(17)20(26)15-9-10-16(23)21(27-5)19(15)24/h7-11H,6,12H2,1-5H3. The van der Waals surface area contributed by atoms with Crippen molar-refractivity contribution in [2.75, 3.05) is 13.7 Å². The van der Waals surface area contributed by atoms with Gasteiger partial charge in [-0.1, -0.05) is 38.4 Å². The molecule has 1 heterocycles. The molecule has 0 saturated heterocycles. The summed E-state index contributed by atoms with van der Waals surface area (Å²) in [5.41, 5.74) is 1.95. The van der Waals surface area contributed by atoms with Crippen LogP contribution in [0.3, 0.4) is 0 Å². The molecule has 0 unspecified atom stereocenters. The molecule has 2 aromatic carbocycles. The van der Waals surface area contributed by atoms with Crippen LogP contribution in [0, 0.1) is 0 Å². The summed E-state index contributed by atoms with van der Waals surface area (Å²) < 4.78 is 12.4. The summed E-state index contributed by atoms with van der Waals surface area (Å²) in [6, 6.07) is 9.03. The van der Waals surface area contributed by atoms with Crippen molar-refractivity contribution in [1.82, 2.24) is 4.57 Å². The average molecular weight is 402 g/mol. The summed E-state index contributed by atoms with van der Waals surface area (Å²) >= 11 is 6.32. The van der Waals surface area contributed by atoms with Gasteiger partial charge < -0.3 is 14.0 Å². The predicted octanol–water partition coefficient (Wildman–Crippen LogP) is 4.68. The van der Waals surface area contributed by atoms with Crippen LogP contribution in [0.4, 0.5) is 0 Å². The van der Waals surface area contributed by atoms with Gasteiger partial charge in [-0.3, -0.25) is 9.59 Å². The van der Waals surface area contributed by atoms with Gasteiger partial charge >= 0.3 is 5.97 Å². The van der Waals surface area contributed by atoms with Crippen LogP contribution in [0.5, 0.6) is 5.75 Å². The number of halogens is 1. The Kier molecular flexibility index (Phi) is 5.39. The normalized spacial score (nSPS) is 11.8. The lowest BCUT2D eigenvalue weighted by Gasteiger charge is -2.22. The molecule has 3 aromatic rings. The minimum Gasteiger partial charge on any atom is -0.493 e. The maximum absolute atomic E-state index is 13.2. The number of carbonyl (C=O) groups excluding carboxylic acids is 1. The third kappa shape index (κ3) is 3.47. The van der Waals surface area contributed by atoms with E-state index in [1.54, 1.807) is 23.6 Å². The molecule has 0 aliphatic rings. The van der Waals surface area contributed by atoms with Crippen molar-refractivity contribution in [2.45, 2.75) is 39.7 Å². The predicted molar refractivity (Wildman–Crippen MR) is 113 cm³/mol. The van der Waals surface area contributed by atoms with Crippen molar-refractivity contribution in [3.05, 3.63) is 51.1 Å². The smallest absolute Gasteiger partial charge is 0.325 e. The number of esters is 1. The Balaban J connectivity index is 2.50. The fraction of sp³-hybridized carbons (Fsp3) is 0.364. The number of benzene rings is 2. The van der Waals surface area contributed by atoms with Gasteiger partial charge in [0.25, 0.3) is 0 Å². The van der Waals surface area contributed by atoms with Crippen molar-refractivity contribution in [3.8, 4) is 5.75 Å². The third-order valence-electron chi connectivity index (χ3n) is 4.79. The molecule has 0 radical (unpaired) electrons. The van der Waals surface area contributed by atoms with E-state index < -0.39 is 5.97 Å². The van der Waals surface area contributed by atoms with Gasteiger partial charge in [0.15, 0.2) is 11.2 Å². The lowest BCUT2D eigenvalue weighted by molar-refractivity contribution is -0.143. The maximum Gasteiger partial charge on any atom is 0.325 e. The molecule has 0 fully saturated rings. The van der Waals surface area contributed by atoms with Crippen LogP contribution in [0.1, 0.15) is 33.3 Å². The van der Waals surface area contributed by atoms with Crippen molar-refractivity contribution in [3.63, 3.8) is 0 Å². The average Bonchev–Trinajstić information content (AvgIpc) is 2.64. The van der Waals surface area contributed by atoms with E-state index in [0.29, 0.717) is 32.6 Å². The van der Waals surface area contributed by atoms with Crippen molar-refractivity contribution in [2.24, 2.45) is 0 Å². The fourth-order valence-electron chi connectivity index (χ4n) is 3.37. The first-order valence-corrected chi connectivity index (χ1v) is 9.55. The Morgan fingerprint density at radius 3 is 2.43 bits per heavy atom. The van der Waals surface area contributed by atoms with Gasteiger partial charge in [0.2, 0.25) is 0 Å². The van der Waals surface area contributed by atoms with Crippen molar-refractivity contribution >= 4 is 39.4 Å². The number of fused-ring (bicyclic) bond motifs is 2. The Labute approximate surface area is 168 Å². The first-order chi connectivity index (χ1) is 13.2. The van der Waals surface area contributed by atoms with E-state index >= 15 is 0 Å². The Morgan fingerprint density at radius 1 is 1.14 bits per heavy atom. The van der Waals surface area contributed by atoms with E-state index in [0.717, 1.165) is 5.56 Å². The van der Waals surface area contributed by atoms with E-state index in [1.807, 2.05) is 18.2 Å². The second kappa shape index (κ2) is 7.47. The highest BCUT2D eigenvalue weighted by atomic mass is 35.5. The molecular weight excluding hydrogens is 378 g/mol. The molecule has 0 atom stereocenters. The van der Waals surface area contributed by atoms with Crippen molar-refractivity contribution < 1.29 is 14.3 Å². The summed E-state index contributed by atoms with van der Waals surface area (Å²) in [5, 5.41) is 1.36. The number of pyridine rings is 1. The fourth-order valence-corrected chi connectivity index (χ4v) is 3.60. The maximum atomic E-state index is 13.2. The minimum atomic E-state index is -0.392. The zero-order valence-electron chi connectivity index (χ0n) is 16.8. The largest absolute Gasteiger partial charge is 0.493 e. The van der Waals surface area contributed by atoms with E-state index in [1.165, 1.54) is 7.11 Å². The van der Waals surface area contributed by atoms with Crippen LogP contribution < -0.4 is 10.2 Å². The Hall–Kier alpha value is -2.53. The molecule has 148 valence electrons. The molecule has 3 rings (SSSR count). The first-order valence-electron chi connectivity index (χ1n) is 9.18. The molecular formula is C22H24ClNO4. The molecule has 0 amide bonds. The van der Waals surface area contributed by atoms with E-state index in [4.69, 9.17) is 21.1 Å². The van der Waals surface area contributed by atoms with Crippen LogP contribution in [0.15, 0.2) is 35.1 Å². The Morgan fingerprint density at radius 2 is 1.82 bits per heavy atom. The van der Waals surface area contributed by atoms with Gasteiger partial charge in [0.05, 0.1) is 35.2 Å². The number of hydrogen-bond donors (Lipinski definition) is 0. The Bertz CT molecular complexity index is 1130. The highest BCUT2D eigenvalue weighted by molar-refractivity contribution is 6.33. The first kappa shape index (κ1) is 20.2. The summed E-state index contributed by atoms with van der Waals surface area (Å²) in [4.78, 5) is 25.5. The molecule has 1 aromatic heterocycles. The van der Waals surface area contributed by atoms with E-state index in [2.05, 4.69) is 20.8 Å². The zero-order valence-corrected chi connectivity index (χ0v) is 17.5. The quantitative estimate of drug-likeness (QED) is 0.470. The van der Waals surface area contributed by atoms with Gasteiger partial charge in [-0.05, 0) is 42.2 Å². The number of aromatic nitrogens is 1. The number of ether oxygens (including phenoxy) is 2. The van der Waals surface area contributed by atoms with Gasteiger partial charge in [-0.15, -0.1) is 0 Å². The number of nitrogens with zero attached hydrogens (tertiary/aromatic N) is 1. The highest BCUT2D eigenvalue weighted by Gasteiger charge is 2.21. The van der Waals surface area contributed by atoms with Gasteiger partial charge in [0, 0.05) is 5.39 Å². The molecule has 5 nitrogen and oxygen atoms in total. The monoisotopic (exact) mass is 401 g/mol. The topological polar surface area (TPSA) is 57.5 Å². The van der Waals surface area contributed by atoms with Crippen LogP contribution in [0.2, 0.25) is 5.02 Å². The van der Waals surface area contributed by atoms with Gasteiger partial charge in [-0.2, -0.15) is 0 Å². The van der Waals surface area contributed by atoms with Crippen LogP contribution in [-0.2, 0) is 21.5 Å². The summed E-state index contributed by atoms with van der Waals surface area (Å²) in [6.45, 7) is 8.28. The van der Waals surface area contributed by atoms with E-state index in [-0.39, 0.29) is 24.0 Å². The minimum absolute atomic E-state index is 0.0502. The van der Waals surface area contributed by atoms with Crippen molar-refractivity contribution in [1.29, 1.82) is 0 Å². The van der Waals surface area contributed by atoms with Crippen LogP contribution in [-0.4, -0.2) is 24.3 Å². The molecule has 0 bridgehead atoms. The molecule has 0 N–H and O–H groups in total. The number of methoxy groups -OCH3 is 1. The molecule has 6 heteroatoms. The lowest BCUT2D eigenvalue weighted by Crippen LogP contribution is -2.20. The summed E-state index contributed by atoms with van der Waals surface area (Å²) in [5.74, 6) is -0.0273. The molecule has 0 aliphatic carbocycles. The summed E-state index contributed by atoms with van der Waals surface area (Å²) in [7, 11) is 1.50. The lowest BCUT2D eigenvalue weighted by atomic mass is 9.86.